The topological polar surface area (TPSA) is 86.8 Å². The highest BCUT2D eigenvalue weighted by atomic mass is 32.2. The summed E-state index contributed by atoms with van der Waals surface area (Å²) in [4.78, 5) is 27.4. The first-order chi connectivity index (χ1) is 16.1. The number of rotatable bonds is 12. The van der Waals surface area contributed by atoms with E-state index < -0.39 is 34.3 Å². The van der Waals surface area contributed by atoms with Gasteiger partial charge >= 0.3 is 0 Å². The number of hydrogen-bond acceptors (Lipinski definition) is 4. The van der Waals surface area contributed by atoms with Gasteiger partial charge in [-0.3, -0.25) is 13.9 Å². The van der Waals surface area contributed by atoms with Gasteiger partial charge in [0.15, 0.2) is 0 Å². The number of carbonyl (C=O) groups is 2. The molecule has 9 heteroatoms. The molecule has 0 saturated heterocycles. The maximum atomic E-state index is 14.4. The first-order valence-corrected chi connectivity index (χ1v) is 13.3. The van der Waals surface area contributed by atoms with E-state index in [2.05, 4.69) is 5.32 Å². The molecule has 0 radical (unpaired) electrons. The van der Waals surface area contributed by atoms with Crippen molar-refractivity contribution in [1.82, 2.24) is 10.2 Å². The zero-order chi connectivity index (χ0) is 25.3. The number of carbonyl (C=O) groups excluding carboxylic acids is 2. The minimum absolute atomic E-state index is 0.166. The van der Waals surface area contributed by atoms with E-state index in [-0.39, 0.29) is 18.0 Å². The highest BCUT2D eigenvalue weighted by molar-refractivity contribution is 7.92. The Bertz CT molecular complexity index is 1070. The Labute approximate surface area is 202 Å². The maximum absolute atomic E-state index is 14.4. The van der Waals surface area contributed by atoms with E-state index in [0.717, 1.165) is 35.4 Å². The zero-order valence-corrected chi connectivity index (χ0v) is 21.1. The van der Waals surface area contributed by atoms with E-state index in [1.165, 1.54) is 23.1 Å². The molecule has 0 aliphatic rings. The van der Waals surface area contributed by atoms with E-state index >= 15 is 0 Å². The molecule has 7 nitrogen and oxygen atoms in total. The van der Waals surface area contributed by atoms with Gasteiger partial charge in [0.25, 0.3) is 0 Å². The van der Waals surface area contributed by atoms with Gasteiger partial charge in [0.05, 0.1) is 11.9 Å². The SMILES string of the molecule is CCCCNC(=O)C(C)N(Cc1ccccc1F)C(=O)CN(c1ccc(CC)cc1)S(C)(=O)=O. The lowest BCUT2D eigenvalue weighted by Crippen LogP contribution is -2.51. The van der Waals surface area contributed by atoms with Gasteiger partial charge in [-0.05, 0) is 43.5 Å². The summed E-state index contributed by atoms with van der Waals surface area (Å²) < 4.78 is 40.5. The van der Waals surface area contributed by atoms with Crippen LogP contribution in [-0.4, -0.2) is 50.5 Å². The molecule has 1 N–H and O–H groups in total. The van der Waals surface area contributed by atoms with Crippen LogP contribution < -0.4 is 9.62 Å². The molecule has 0 heterocycles. The molecule has 2 aromatic carbocycles. The second-order valence-electron chi connectivity index (χ2n) is 8.22. The van der Waals surface area contributed by atoms with E-state index in [9.17, 15) is 22.4 Å². The fourth-order valence-corrected chi connectivity index (χ4v) is 4.29. The van der Waals surface area contributed by atoms with Crippen LogP contribution in [0.25, 0.3) is 0 Å². The number of benzene rings is 2. The quantitative estimate of drug-likeness (QED) is 0.461. The third kappa shape index (κ3) is 7.55. The maximum Gasteiger partial charge on any atom is 0.244 e. The van der Waals surface area contributed by atoms with Crippen LogP contribution in [0.2, 0.25) is 0 Å². The number of hydrogen-bond donors (Lipinski definition) is 1. The highest BCUT2D eigenvalue weighted by Gasteiger charge is 2.30. The lowest BCUT2D eigenvalue weighted by atomic mass is 10.1. The van der Waals surface area contributed by atoms with Crippen LogP contribution in [0.15, 0.2) is 48.5 Å². The normalized spacial score (nSPS) is 12.1. The standard InChI is InChI=1S/C25H34FN3O4S/c1-5-7-16-27-25(31)19(3)28(17-21-10-8-9-11-23(21)26)24(30)18-29(34(4,32)33)22-14-12-20(6-2)13-15-22/h8-15,19H,5-7,16-18H2,1-4H3,(H,27,31). The van der Waals surface area contributed by atoms with Gasteiger partial charge in [0.2, 0.25) is 21.8 Å². The van der Waals surface area contributed by atoms with Crippen LogP contribution in [0.3, 0.4) is 0 Å². The Morgan fingerprint density at radius 3 is 2.26 bits per heavy atom. The third-order valence-corrected chi connectivity index (χ3v) is 6.75. The average molecular weight is 492 g/mol. The van der Waals surface area contributed by atoms with Crippen molar-refractivity contribution in [3.8, 4) is 0 Å². The minimum Gasteiger partial charge on any atom is -0.354 e. The van der Waals surface area contributed by atoms with E-state index in [4.69, 9.17) is 0 Å². The third-order valence-electron chi connectivity index (χ3n) is 5.61. The lowest BCUT2D eigenvalue weighted by molar-refractivity contribution is -0.139. The van der Waals surface area contributed by atoms with Gasteiger partial charge in [-0.25, -0.2) is 12.8 Å². The summed E-state index contributed by atoms with van der Waals surface area (Å²) in [5.74, 6) is -1.49. The average Bonchev–Trinajstić information content (AvgIpc) is 2.81. The van der Waals surface area contributed by atoms with Gasteiger partial charge in [-0.1, -0.05) is 50.6 Å². The summed E-state index contributed by atoms with van der Waals surface area (Å²) >= 11 is 0. The van der Waals surface area contributed by atoms with Crippen molar-refractivity contribution < 1.29 is 22.4 Å². The molecule has 1 atom stereocenters. The minimum atomic E-state index is -3.80. The lowest BCUT2D eigenvalue weighted by Gasteiger charge is -2.31. The molecular weight excluding hydrogens is 457 g/mol. The van der Waals surface area contributed by atoms with Crippen molar-refractivity contribution in [1.29, 1.82) is 0 Å². The molecule has 2 aromatic rings. The van der Waals surface area contributed by atoms with Crippen LogP contribution in [0.1, 0.15) is 44.7 Å². The van der Waals surface area contributed by atoms with Crippen LogP contribution in [0, 0.1) is 5.82 Å². The molecule has 1 unspecified atom stereocenters. The fourth-order valence-electron chi connectivity index (χ4n) is 3.44. The molecule has 0 fully saturated rings. The van der Waals surface area contributed by atoms with Gasteiger partial charge in [0.1, 0.15) is 18.4 Å². The highest BCUT2D eigenvalue weighted by Crippen LogP contribution is 2.20. The van der Waals surface area contributed by atoms with Crippen LogP contribution in [0.5, 0.6) is 0 Å². The molecule has 0 bridgehead atoms. The van der Waals surface area contributed by atoms with Crippen molar-refractivity contribution in [2.45, 2.75) is 52.6 Å². The Morgan fingerprint density at radius 1 is 1.06 bits per heavy atom. The predicted octanol–water partition coefficient (Wildman–Crippen LogP) is 3.49. The monoisotopic (exact) mass is 491 g/mol. The van der Waals surface area contributed by atoms with Gasteiger partial charge in [-0.2, -0.15) is 0 Å². The van der Waals surface area contributed by atoms with Crippen LogP contribution >= 0.6 is 0 Å². The Balaban J connectivity index is 2.35. The Kier molecular flexibility index (Phi) is 10.0. The summed E-state index contributed by atoms with van der Waals surface area (Å²) in [5, 5.41) is 2.79. The molecule has 2 amide bonds. The van der Waals surface area contributed by atoms with E-state index in [1.54, 1.807) is 37.3 Å². The molecule has 186 valence electrons. The molecule has 0 aromatic heterocycles. The van der Waals surface area contributed by atoms with Gasteiger partial charge in [0, 0.05) is 18.7 Å². The van der Waals surface area contributed by atoms with E-state index in [1.807, 2.05) is 13.8 Å². The van der Waals surface area contributed by atoms with Gasteiger partial charge in [-0.15, -0.1) is 0 Å². The summed E-state index contributed by atoms with van der Waals surface area (Å²) in [5.41, 5.74) is 1.61. The Hall–Kier alpha value is -2.94. The van der Waals surface area contributed by atoms with E-state index in [0.29, 0.717) is 12.2 Å². The molecule has 34 heavy (non-hydrogen) atoms. The number of nitrogens with one attached hydrogen (secondary N) is 1. The number of halogens is 1. The summed E-state index contributed by atoms with van der Waals surface area (Å²) in [7, 11) is -3.80. The van der Waals surface area contributed by atoms with Crippen LogP contribution in [-0.2, 0) is 32.6 Å². The van der Waals surface area contributed by atoms with Crippen molar-refractivity contribution >= 4 is 27.5 Å². The smallest absolute Gasteiger partial charge is 0.244 e. The number of anilines is 1. The van der Waals surface area contributed by atoms with Gasteiger partial charge < -0.3 is 10.2 Å². The van der Waals surface area contributed by atoms with Crippen molar-refractivity contribution in [2.24, 2.45) is 0 Å². The summed E-state index contributed by atoms with van der Waals surface area (Å²) in [6.45, 7) is 5.32. The predicted molar refractivity (Wildman–Crippen MR) is 132 cm³/mol. The number of sulfonamides is 1. The largest absolute Gasteiger partial charge is 0.354 e. The second-order valence-corrected chi connectivity index (χ2v) is 10.1. The Morgan fingerprint density at radius 2 is 1.71 bits per heavy atom. The molecule has 0 saturated carbocycles. The first kappa shape index (κ1) is 27.3. The van der Waals surface area contributed by atoms with Crippen LogP contribution in [0.4, 0.5) is 10.1 Å². The number of aryl methyl sites for hydroxylation is 1. The number of nitrogens with zero attached hydrogens (tertiary/aromatic N) is 2. The van der Waals surface area contributed by atoms with Crippen molar-refractivity contribution in [2.75, 3.05) is 23.7 Å². The number of amides is 2. The molecule has 0 aliphatic heterocycles. The summed E-state index contributed by atoms with van der Waals surface area (Å²) in [6, 6.07) is 12.0. The first-order valence-electron chi connectivity index (χ1n) is 11.5. The molecule has 0 spiro atoms. The molecule has 0 aliphatic carbocycles. The summed E-state index contributed by atoms with van der Waals surface area (Å²) in [6.07, 6.45) is 3.50. The second kappa shape index (κ2) is 12.5. The van der Waals surface area contributed by atoms with Crippen molar-refractivity contribution in [3.05, 3.63) is 65.5 Å². The van der Waals surface area contributed by atoms with Crippen molar-refractivity contribution in [3.63, 3.8) is 0 Å². The molecular formula is C25H34FN3O4S. The fraction of sp³-hybridized carbons (Fsp3) is 0.440. The zero-order valence-electron chi connectivity index (χ0n) is 20.3. The molecule has 2 rings (SSSR count). The number of unbranched alkanes of at least 4 members (excludes halogenated alkanes) is 1.